The molecule has 18 heavy (non-hydrogen) atoms. The fourth-order valence-electron chi connectivity index (χ4n) is 4.78. The van der Waals surface area contributed by atoms with E-state index in [1.807, 2.05) is 0 Å². The largest absolute Gasteiger partial charge is 0.353 e. The van der Waals surface area contributed by atoms with Crippen LogP contribution in [0, 0.1) is 23.7 Å². The second-order valence-electron chi connectivity index (χ2n) is 6.22. The van der Waals surface area contributed by atoms with E-state index in [9.17, 15) is 4.79 Å². The predicted molar refractivity (Wildman–Crippen MR) is 74.5 cm³/mol. The quantitative estimate of drug-likeness (QED) is 0.823. The highest BCUT2D eigenvalue weighted by atomic mass is 35.5. The lowest BCUT2D eigenvalue weighted by Gasteiger charge is -2.32. The van der Waals surface area contributed by atoms with Crippen LogP contribution in [0.1, 0.15) is 44.9 Å². The highest BCUT2D eigenvalue weighted by Gasteiger charge is 2.53. The molecule has 0 aromatic heterocycles. The Balaban J connectivity index is 0.00000120. The third-order valence-electron chi connectivity index (χ3n) is 5.38. The number of amides is 1. The molecule has 2 bridgehead atoms. The van der Waals surface area contributed by atoms with Gasteiger partial charge in [0.25, 0.3) is 0 Å². The summed E-state index contributed by atoms with van der Waals surface area (Å²) in [5, 5.41) is 3.26. The van der Waals surface area contributed by atoms with Gasteiger partial charge in [0.2, 0.25) is 5.91 Å². The number of rotatable bonds is 4. The number of carbonyl (C=O) groups excluding carboxylic acids is 1. The Morgan fingerprint density at radius 2 is 1.94 bits per heavy atom. The van der Waals surface area contributed by atoms with Crippen LogP contribution in [-0.4, -0.2) is 18.5 Å². The summed E-state index contributed by atoms with van der Waals surface area (Å²) >= 11 is 0. The summed E-state index contributed by atoms with van der Waals surface area (Å²) in [7, 11) is 0. The van der Waals surface area contributed by atoms with E-state index in [2.05, 4.69) is 5.32 Å². The normalized spacial score (nSPS) is 40.4. The van der Waals surface area contributed by atoms with Gasteiger partial charge in [0, 0.05) is 12.5 Å². The molecule has 0 spiro atoms. The zero-order valence-electron chi connectivity index (χ0n) is 10.9. The molecule has 3 saturated carbocycles. The van der Waals surface area contributed by atoms with Crippen molar-refractivity contribution in [3.05, 3.63) is 0 Å². The van der Waals surface area contributed by atoms with Crippen molar-refractivity contribution in [3.8, 4) is 0 Å². The zero-order chi connectivity index (χ0) is 11.8. The van der Waals surface area contributed by atoms with E-state index >= 15 is 0 Å². The average molecular weight is 273 g/mol. The van der Waals surface area contributed by atoms with E-state index in [1.165, 1.54) is 32.1 Å². The maximum absolute atomic E-state index is 11.8. The summed E-state index contributed by atoms with van der Waals surface area (Å²) in [6.45, 7) is 0.620. The van der Waals surface area contributed by atoms with Crippen LogP contribution in [0.25, 0.3) is 0 Å². The lowest BCUT2D eigenvalue weighted by molar-refractivity contribution is -0.122. The van der Waals surface area contributed by atoms with E-state index in [1.54, 1.807) is 0 Å². The molecule has 0 aromatic rings. The second kappa shape index (κ2) is 5.79. The first-order valence-electron chi connectivity index (χ1n) is 7.29. The van der Waals surface area contributed by atoms with Gasteiger partial charge in [-0.3, -0.25) is 4.79 Å². The van der Waals surface area contributed by atoms with E-state index in [-0.39, 0.29) is 18.3 Å². The van der Waals surface area contributed by atoms with E-state index in [4.69, 9.17) is 5.73 Å². The number of nitrogens with two attached hydrogens (primary N) is 1. The molecular formula is C14H25ClN2O. The Morgan fingerprint density at radius 3 is 2.72 bits per heavy atom. The summed E-state index contributed by atoms with van der Waals surface area (Å²) in [5.41, 5.74) is 5.44. The molecule has 0 heterocycles. The van der Waals surface area contributed by atoms with Crippen LogP contribution in [0.2, 0.25) is 0 Å². The first-order valence-corrected chi connectivity index (χ1v) is 7.29. The first-order chi connectivity index (χ1) is 8.29. The molecule has 3 nitrogen and oxygen atoms in total. The lowest BCUT2D eigenvalue weighted by Crippen LogP contribution is -2.42. The monoisotopic (exact) mass is 272 g/mol. The topological polar surface area (TPSA) is 55.1 Å². The minimum Gasteiger partial charge on any atom is -0.353 e. The zero-order valence-corrected chi connectivity index (χ0v) is 11.8. The van der Waals surface area contributed by atoms with Crippen molar-refractivity contribution in [1.82, 2.24) is 5.32 Å². The third kappa shape index (κ3) is 2.39. The van der Waals surface area contributed by atoms with Gasteiger partial charge in [-0.15, -0.1) is 12.4 Å². The Kier molecular flexibility index (Phi) is 4.54. The molecule has 3 rings (SSSR count). The number of carbonyl (C=O) groups is 1. The van der Waals surface area contributed by atoms with Crippen LogP contribution in [0.3, 0.4) is 0 Å². The maximum Gasteiger partial charge on any atom is 0.220 e. The fraction of sp³-hybridized carbons (Fsp3) is 0.929. The van der Waals surface area contributed by atoms with E-state index in [0.717, 1.165) is 30.1 Å². The second-order valence-corrected chi connectivity index (χ2v) is 6.22. The molecular weight excluding hydrogens is 248 g/mol. The summed E-state index contributed by atoms with van der Waals surface area (Å²) in [6.07, 6.45) is 8.37. The maximum atomic E-state index is 11.8. The molecule has 0 aromatic carbocycles. The fourth-order valence-corrected chi connectivity index (χ4v) is 4.78. The van der Waals surface area contributed by atoms with E-state index in [0.29, 0.717) is 19.0 Å². The van der Waals surface area contributed by atoms with Gasteiger partial charge in [0.1, 0.15) is 0 Å². The van der Waals surface area contributed by atoms with Crippen LogP contribution in [-0.2, 0) is 4.79 Å². The van der Waals surface area contributed by atoms with Gasteiger partial charge < -0.3 is 11.1 Å². The van der Waals surface area contributed by atoms with Crippen LogP contribution in [0.4, 0.5) is 0 Å². The summed E-state index contributed by atoms with van der Waals surface area (Å²) < 4.78 is 0. The van der Waals surface area contributed by atoms with Gasteiger partial charge in [-0.05, 0) is 62.3 Å². The van der Waals surface area contributed by atoms with Crippen molar-refractivity contribution in [1.29, 1.82) is 0 Å². The number of nitrogens with one attached hydrogen (secondary N) is 1. The van der Waals surface area contributed by atoms with Gasteiger partial charge in [-0.1, -0.05) is 6.42 Å². The molecule has 0 radical (unpaired) electrons. The van der Waals surface area contributed by atoms with Crippen LogP contribution >= 0.6 is 12.4 Å². The summed E-state index contributed by atoms with van der Waals surface area (Å²) in [5.74, 6) is 3.90. The van der Waals surface area contributed by atoms with Crippen molar-refractivity contribution in [3.63, 3.8) is 0 Å². The Bertz CT molecular complexity index is 310. The molecule has 5 unspecified atom stereocenters. The van der Waals surface area contributed by atoms with Gasteiger partial charge >= 0.3 is 0 Å². The highest BCUT2D eigenvalue weighted by Crippen LogP contribution is 2.58. The van der Waals surface area contributed by atoms with Gasteiger partial charge in [0.15, 0.2) is 0 Å². The molecule has 1 amide bonds. The van der Waals surface area contributed by atoms with Crippen LogP contribution in [0.15, 0.2) is 0 Å². The minimum atomic E-state index is 0. The Morgan fingerprint density at radius 1 is 1.17 bits per heavy atom. The molecule has 0 saturated heterocycles. The number of hydrogen-bond donors (Lipinski definition) is 2. The first kappa shape index (κ1) is 14.1. The number of fused-ring (bicyclic) bond motifs is 5. The molecule has 0 aliphatic heterocycles. The van der Waals surface area contributed by atoms with Gasteiger partial charge in [0.05, 0.1) is 0 Å². The van der Waals surface area contributed by atoms with Crippen LogP contribution < -0.4 is 11.1 Å². The molecule has 3 aliphatic rings. The minimum absolute atomic E-state index is 0. The van der Waals surface area contributed by atoms with Crippen molar-refractivity contribution >= 4 is 18.3 Å². The molecule has 5 atom stereocenters. The van der Waals surface area contributed by atoms with Crippen molar-refractivity contribution < 1.29 is 4.79 Å². The number of hydrogen-bond acceptors (Lipinski definition) is 2. The van der Waals surface area contributed by atoms with Gasteiger partial charge in [-0.25, -0.2) is 0 Å². The lowest BCUT2D eigenvalue weighted by atomic mass is 9.79. The van der Waals surface area contributed by atoms with Crippen molar-refractivity contribution in [2.24, 2.45) is 29.4 Å². The Labute approximate surface area is 116 Å². The standard InChI is InChI=1S/C14H24N2O.ClH/c15-6-2-5-14(17)16-13-8-9-7-12(13)11-4-1-3-10(9)11;/h9-13H,1-8,15H2,(H,16,17);1H. The molecule has 104 valence electrons. The van der Waals surface area contributed by atoms with E-state index < -0.39 is 0 Å². The molecule has 4 heteroatoms. The average Bonchev–Trinajstić information content (AvgIpc) is 2.96. The number of halogens is 1. The van der Waals surface area contributed by atoms with Crippen molar-refractivity contribution in [2.45, 2.75) is 51.0 Å². The smallest absolute Gasteiger partial charge is 0.220 e. The van der Waals surface area contributed by atoms with Crippen LogP contribution in [0.5, 0.6) is 0 Å². The molecule has 3 N–H and O–H groups in total. The van der Waals surface area contributed by atoms with Gasteiger partial charge in [-0.2, -0.15) is 0 Å². The molecule has 3 fully saturated rings. The van der Waals surface area contributed by atoms with Crippen molar-refractivity contribution in [2.75, 3.05) is 6.54 Å². The Hall–Kier alpha value is -0.280. The third-order valence-corrected chi connectivity index (χ3v) is 5.38. The summed E-state index contributed by atoms with van der Waals surface area (Å²) in [6, 6.07) is 0.490. The SMILES string of the molecule is Cl.NCCCC(=O)NC1CC2CC1C1CCCC21. The predicted octanol–water partition coefficient (Wildman–Crippen LogP) is 2.09. The summed E-state index contributed by atoms with van der Waals surface area (Å²) in [4.78, 5) is 11.8. The highest BCUT2D eigenvalue weighted by molar-refractivity contribution is 5.85. The molecule has 3 aliphatic carbocycles.